The molecule has 1 rings (SSSR count). The van der Waals surface area contributed by atoms with E-state index >= 15 is 0 Å². The maximum absolute atomic E-state index is 12.1. The summed E-state index contributed by atoms with van der Waals surface area (Å²) in [4.78, 5) is 27.0. The highest BCUT2D eigenvalue weighted by Gasteiger charge is 2.43. The van der Waals surface area contributed by atoms with Gasteiger partial charge in [0, 0.05) is 19.6 Å². The Morgan fingerprint density at radius 1 is 1.33 bits per heavy atom. The quantitative estimate of drug-likeness (QED) is 0.673. The number of nitrogens with zero attached hydrogens (tertiary/aromatic N) is 2. The number of hydrogen-bond donors (Lipinski definition) is 2. The molecule has 1 heterocycles. The number of urea groups is 1. The minimum atomic E-state index is -1.10. The summed E-state index contributed by atoms with van der Waals surface area (Å²) in [5.74, 6) is -0.945. The Hall–Kier alpha value is -1.34. The monoisotopic (exact) mass is 301 g/mol. The predicted molar refractivity (Wildman–Crippen MR) is 79.4 cm³/mol. The average Bonchev–Trinajstić information content (AvgIpc) is 2.42. The van der Waals surface area contributed by atoms with E-state index in [4.69, 9.17) is 4.74 Å². The number of nitrogens with one attached hydrogen (secondary N) is 1. The van der Waals surface area contributed by atoms with Gasteiger partial charge in [0.2, 0.25) is 0 Å². The Labute approximate surface area is 126 Å². The summed E-state index contributed by atoms with van der Waals surface area (Å²) in [5.41, 5.74) is -1.10. The number of ether oxygens (including phenoxy) is 1. The average molecular weight is 301 g/mol. The topological polar surface area (TPSA) is 82.1 Å². The van der Waals surface area contributed by atoms with E-state index in [9.17, 15) is 14.7 Å². The molecule has 2 amide bonds. The van der Waals surface area contributed by atoms with E-state index in [0.29, 0.717) is 32.7 Å². The van der Waals surface area contributed by atoms with E-state index in [1.807, 2.05) is 19.0 Å². The van der Waals surface area contributed by atoms with Crippen molar-refractivity contribution in [2.45, 2.75) is 31.7 Å². The van der Waals surface area contributed by atoms with Crippen molar-refractivity contribution in [3.05, 3.63) is 0 Å². The smallest absolute Gasteiger partial charge is 0.329 e. The molecule has 0 aromatic carbocycles. The Morgan fingerprint density at radius 3 is 2.67 bits per heavy atom. The van der Waals surface area contributed by atoms with E-state index in [1.165, 1.54) is 4.90 Å². The van der Waals surface area contributed by atoms with Crippen LogP contribution in [0.15, 0.2) is 0 Å². The van der Waals surface area contributed by atoms with Crippen LogP contribution in [0.2, 0.25) is 0 Å². The van der Waals surface area contributed by atoms with Gasteiger partial charge in [0.15, 0.2) is 0 Å². The largest absolute Gasteiger partial charge is 0.480 e. The maximum Gasteiger partial charge on any atom is 0.329 e. The SMILES string of the molecule is CN(C)CCOCCNC(=O)N1CCCCC1(C)C(=O)O. The number of carboxylic acid groups (broad SMARTS) is 1. The highest BCUT2D eigenvalue weighted by molar-refractivity contribution is 5.86. The number of rotatable bonds is 7. The summed E-state index contributed by atoms with van der Waals surface area (Å²) in [7, 11) is 3.93. The number of piperidine rings is 1. The number of carbonyl (C=O) groups excluding carboxylic acids is 1. The van der Waals surface area contributed by atoms with Gasteiger partial charge in [0.05, 0.1) is 13.2 Å². The number of carboxylic acids is 1. The van der Waals surface area contributed by atoms with Crippen LogP contribution < -0.4 is 5.32 Å². The normalized spacial score (nSPS) is 22.4. The number of hydrogen-bond acceptors (Lipinski definition) is 4. The molecule has 7 nitrogen and oxygen atoms in total. The van der Waals surface area contributed by atoms with Crippen LogP contribution in [0.1, 0.15) is 26.2 Å². The van der Waals surface area contributed by atoms with Crippen molar-refractivity contribution in [3.8, 4) is 0 Å². The first-order valence-electron chi connectivity index (χ1n) is 7.39. The summed E-state index contributed by atoms with van der Waals surface area (Å²) in [6.07, 6.45) is 2.17. The summed E-state index contributed by atoms with van der Waals surface area (Å²) in [5, 5.41) is 12.1. The Bertz CT molecular complexity index is 362. The molecule has 1 aliphatic heterocycles. The Kier molecular flexibility index (Phi) is 6.91. The molecule has 0 saturated carbocycles. The molecule has 7 heteroatoms. The second-order valence-electron chi connectivity index (χ2n) is 5.84. The third-order valence-electron chi connectivity index (χ3n) is 3.80. The molecule has 1 saturated heterocycles. The van der Waals surface area contributed by atoms with Crippen LogP contribution in [0, 0.1) is 0 Å². The first-order chi connectivity index (χ1) is 9.88. The van der Waals surface area contributed by atoms with Gasteiger partial charge in [-0.25, -0.2) is 9.59 Å². The predicted octanol–water partition coefficient (Wildman–Crippen LogP) is 0.603. The molecular weight excluding hydrogens is 274 g/mol. The van der Waals surface area contributed by atoms with E-state index < -0.39 is 11.5 Å². The fourth-order valence-electron chi connectivity index (χ4n) is 2.34. The minimum absolute atomic E-state index is 0.323. The van der Waals surface area contributed by atoms with Crippen LogP contribution in [0.4, 0.5) is 4.79 Å². The van der Waals surface area contributed by atoms with Crippen LogP contribution >= 0.6 is 0 Å². The zero-order valence-electron chi connectivity index (χ0n) is 13.2. The zero-order chi connectivity index (χ0) is 15.9. The third kappa shape index (κ3) is 5.17. The summed E-state index contributed by atoms with van der Waals surface area (Å²) in [6, 6.07) is -0.323. The van der Waals surface area contributed by atoms with Crippen molar-refractivity contribution >= 4 is 12.0 Å². The molecule has 0 radical (unpaired) electrons. The van der Waals surface area contributed by atoms with E-state index in [-0.39, 0.29) is 6.03 Å². The first-order valence-corrected chi connectivity index (χ1v) is 7.39. The molecule has 21 heavy (non-hydrogen) atoms. The van der Waals surface area contributed by atoms with Crippen molar-refractivity contribution in [1.82, 2.24) is 15.1 Å². The van der Waals surface area contributed by atoms with E-state index in [1.54, 1.807) is 6.92 Å². The molecule has 122 valence electrons. The van der Waals surface area contributed by atoms with Gasteiger partial charge in [-0.05, 0) is 40.3 Å². The number of aliphatic carboxylic acids is 1. The van der Waals surface area contributed by atoms with Crippen molar-refractivity contribution in [2.24, 2.45) is 0 Å². The first kappa shape index (κ1) is 17.7. The molecule has 0 aliphatic carbocycles. The molecule has 1 fully saturated rings. The molecule has 0 aromatic heterocycles. The van der Waals surface area contributed by atoms with E-state index in [2.05, 4.69) is 5.32 Å². The van der Waals surface area contributed by atoms with E-state index in [0.717, 1.165) is 19.4 Å². The highest BCUT2D eigenvalue weighted by Crippen LogP contribution is 2.28. The second kappa shape index (κ2) is 8.19. The molecule has 0 bridgehead atoms. The lowest BCUT2D eigenvalue weighted by Gasteiger charge is -2.41. The molecular formula is C14H27N3O4. The fourth-order valence-corrected chi connectivity index (χ4v) is 2.34. The van der Waals surface area contributed by atoms with Crippen LogP contribution in [0.5, 0.6) is 0 Å². The van der Waals surface area contributed by atoms with Crippen LogP contribution in [0.3, 0.4) is 0 Å². The lowest BCUT2D eigenvalue weighted by molar-refractivity contribution is -0.150. The van der Waals surface area contributed by atoms with Crippen molar-refractivity contribution in [3.63, 3.8) is 0 Å². The minimum Gasteiger partial charge on any atom is -0.480 e. The van der Waals surface area contributed by atoms with Crippen molar-refractivity contribution < 1.29 is 19.4 Å². The van der Waals surface area contributed by atoms with Gasteiger partial charge in [-0.3, -0.25) is 0 Å². The van der Waals surface area contributed by atoms with Gasteiger partial charge in [-0.1, -0.05) is 0 Å². The summed E-state index contributed by atoms with van der Waals surface area (Å²) >= 11 is 0. The third-order valence-corrected chi connectivity index (χ3v) is 3.80. The van der Waals surface area contributed by atoms with Crippen LogP contribution in [-0.2, 0) is 9.53 Å². The number of carbonyl (C=O) groups is 2. The van der Waals surface area contributed by atoms with Crippen molar-refractivity contribution in [1.29, 1.82) is 0 Å². The molecule has 0 aromatic rings. The molecule has 1 aliphatic rings. The lowest BCUT2D eigenvalue weighted by Crippen LogP contribution is -2.60. The van der Waals surface area contributed by atoms with Gasteiger partial charge in [0.25, 0.3) is 0 Å². The molecule has 1 unspecified atom stereocenters. The Balaban J connectivity index is 2.34. The van der Waals surface area contributed by atoms with Crippen molar-refractivity contribution in [2.75, 3.05) is 46.9 Å². The highest BCUT2D eigenvalue weighted by atomic mass is 16.5. The fraction of sp³-hybridized carbons (Fsp3) is 0.857. The second-order valence-corrected chi connectivity index (χ2v) is 5.84. The number of likely N-dealkylation sites (tertiary alicyclic amines) is 1. The van der Waals surface area contributed by atoms with Gasteiger partial charge < -0.3 is 25.0 Å². The zero-order valence-corrected chi connectivity index (χ0v) is 13.2. The van der Waals surface area contributed by atoms with Gasteiger partial charge >= 0.3 is 12.0 Å². The van der Waals surface area contributed by atoms with Crippen LogP contribution in [0.25, 0.3) is 0 Å². The van der Waals surface area contributed by atoms with Gasteiger partial charge in [-0.2, -0.15) is 0 Å². The molecule has 0 spiro atoms. The molecule has 1 atom stereocenters. The summed E-state index contributed by atoms with van der Waals surface area (Å²) < 4.78 is 5.39. The Morgan fingerprint density at radius 2 is 2.05 bits per heavy atom. The number of likely N-dealkylation sites (N-methyl/N-ethyl adjacent to an activating group) is 1. The number of amides is 2. The summed E-state index contributed by atoms with van der Waals surface area (Å²) in [6.45, 7) is 4.35. The van der Waals surface area contributed by atoms with Crippen LogP contribution in [-0.4, -0.2) is 79.4 Å². The standard InChI is InChI=1S/C14H27N3O4/c1-14(12(18)19)6-4-5-8-17(14)13(20)15-7-10-21-11-9-16(2)3/h4-11H2,1-3H3,(H,15,20)(H,18,19). The molecule has 2 N–H and O–H groups in total. The maximum atomic E-state index is 12.1. The lowest BCUT2D eigenvalue weighted by atomic mass is 9.89. The van der Waals surface area contributed by atoms with Gasteiger partial charge in [0.1, 0.15) is 5.54 Å². The van der Waals surface area contributed by atoms with Gasteiger partial charge in [-0.15, -0.1) is 0 Å².